The molecule has 1 N–H and O–H groups in total. The van der Waals surface area contributed by atoms with Crippen molar-refractivity contribution in [2.24, 2.45) is 0 Å². The molecule has 0 aromatic carbocycles. The van der Waals surface area contributed by atoms with E-state index in [2.05, 4.69) is 0 Å². The number of hydrogen-bond donors (Lipinski definition) is 1. The molecule has 0 saturated carbocycles. The van der Waals surface area contributed by atoms with Gasteiger partial charge in [-0.1, -0.05) is 6.32 Å². The Morgan fingerprint density at radius 3 is 2.00 bits per heavy atom. The molecule has 3 heteroatoms. The highest BCUT2D eigenvalue weighted by Gasteiger charge is 1.82. The Labute approximate surface area is 34.2 Å². The Hall–Kier alpha value is 0.0899. The van der Waals surface area contributed by atoms with Crippen LogP contribution < -0.4 is 0 Å². The van der Waals surface area contributed by atoms with Crippen LogP contribution in [0.5, 0.6) is 0 Å². The highest BCUT2D eigenvalue weighted by atomic mass is 16.3. The zero-order valence-corrected chi connectivity index (χ0v) is 3.73. The zero-order valence-electron chi connectivity index (χ0n) is 3.73. The maximum absolute atomic E-state index is 8.36. The lowest BCUT2D eigenvalue weighted by Gasteiger charge is -1.90. The van der Waals surface area contributed by atoms with Crippen molar-refractivity contribution in [3.8, 4) is 0 Å². The summed E-state index contributed by atoms with van der Waals surface area (Å²) in [4.78, 5) is 0. The van der Waals surface area contributed by atoms with Gasteiger partial charge in [-0.15, -0.1) is 0 Å². The summed E-state index contributed by atoms with van der Waals surface area (Å²) in [6, 6.07) is -0.116. The minimum atomic E-state index is -0.116. The summed E-state index contributed by atoms with van der Waals surface area (Å²) in [5.41, 5.74) is 0. The average molecular weight is 69.7 g/mol. The van der Waals surface area contributed by atoms with Crippen molar-refractivity contribution >= 4 is 15.7 Å². The van der Waals surface area contributed by atoms with Gasteiger partial charge >= 0.3 is 0 Å². The molecule has 0 spiro atoms. The van der Waals surface area contributed by atoms with Gasteiger partial charge in [-0.05, 0) is 0 Å². The van der Waals surface area contributed by atoms with Crippen molar-refractivity contribution < 1.29 is 5.11 Å². The first-order chi connectivity index (χ1) is 2.27. The van der Waals surface area contributed by atoms with Gasteiger partial charge in [-0.2, -0.15) is 0 Å². The van der Waals surface area contributed by atoms with Crippen LogP contribution in [0.4, 0.5) is 0 Å². The number of rotatable bonds is 1. The molecule has 0 aromatic heterocycles. The molecule has 0 aliphatic rings. The largest absolute Gasteiger partial charge is 0.403 e. The van der Waals surface area contributed by atoms with Crippen LogP contribution in [0.1, 0.15) is 0 Å². The Morgan fingerprint density at radius 1 is 1.80 bits per heavy atom. The minimum Gasteiger partial charge on any atom is -0.403 e. The Bertz CT molecular complexity index is 21.6. The quantitative estimate of drug-likeness (QED) is 0.353. The Balaban J connectivity index is 2.54. The number of hydrogen-bond acceptors (Lipinski definition) is 1. The molecule has 0 bridgehead atoms. The number of aliphatic hydroxyl groups excluding tert-OH is 1. The van der Waals surface area contributed by atoms with E-state index in [-0.39, 0.29) is 6.00 Å². The molecule has 1 nitrogen and oxygen atoms in total. The van der Waals surface area contributed by atoms with Crippen LogP contribution in [-0.2, 0) is 0 Å². The summed E-state index contributed by atoms with van der Waals surface area (Å²) < 4.78 is 0. The van der Waals surface area contributed by atoms with Crippen molar-refractivity contribution in [2.75, 3.05) is 0 Å². The molecular formula is C2H8B2O. The standard InChI is InChI=1S/C2H8B2O/c3-1-2(4)5/h2,5H,1,3-4H2. The van der Waals surface area contributed by atoms with Crippen LogP contribution >= 0.6 is 0 Å². The highest BCUT2D eigenvalue weighted by Crippen LogP contribution is 1.73. The summed E-state index contributed by atoms with van der Waals surface area (Å²) in [6.07, 6.45) is 0.861. The van der Waals surface area contributed by atoms with Crippen LogP contribution in [0.15, 0.2) is 0 Å². The van der Waals surface area contributed by atoms with Gasteiger partial charge in [-0.3, -0.25) is 0 Å². The first-order valence-corrected chi connectivity index (χ1v) is 1.95. The lowest BCUT2D eigenvalue weighted by Crippen LogP contribution is -2.01. The first-order valence-electron chi connectivity index (χ1n) is 1.95. The molecule has 0 fully saturated rings. The van der Waals surface area contributed by atoms with Gasteiger partial charge in [0, 0.05) is 6.00 Å². The second-order valence-electron chi connectivity index (χ2n) is 1.26. The smallest absolute Gasteiger partial charge is 0.137 e. The van der Waals surface area contributed by atoms with E-state index < -0.39 is 0 Å². The van der Waals surface area contributed by atoms with Gasteiger partial charge in [-0.25, -0.2) is 0 Å². The molecule has 0 saturated heterocycles. The Kier molecular flexibility index (Phi) is 2.38. The summed E-state index contributed by atoms with van der Waals surface area (Å²) >= 11 is 0. The molecular weight excluding hydrogens is 61.6 g/mol. The van der Waals surface area contributed by atoms with Crippen molar-refractivity contribution in [1.82, 2.24) is 0 Å². The average Bonchev–Trinajstić information content (AvgIpc) is 1.38. The Morgan fingerprint density at radius 2 is 2.00 bits per heavy atom. The van der Waals surface area contributed by atoms with E-state index in [1.807, 2.05) is 7.85 Å². The van der Waals surface area contributed by atoms with Gasteiger partial charge < -0.3 is 5.11 Å². The van der Waals surface area contributed by atoms with Gasteiger partial charge in [0.15, 0.2) is 0 Å². The third-order valence-electron chi connectivity index (χ3n) is 0.591. The van der Waals surface area contributed by atoms with Crippen molar-refractivity contribution in [2.45, 2.75) is 12.3 Å². The van der Waals surface area contributed by atoms with E-state index in [0.717, 1.165) is 6.32 Å². The second kappa shape index (κ2) is 2.33. The van der Waals surface area contributed by atoms with Crippen molar-refractivity contribution in [3.63, 3.8) is 0 Å². The predicted octanol–water partition coefficient (Wildman–Crippen LogP) is -2.01. The van der Waals surface area contributed by atoms with Crippen molar-refractivity contribution in [1.29, 1.82) is 0 Å². The third-order valence-corrected chi connectivity index (χ3v) is 0.591. The molecule has 28 valence electrons. The van der Waals surface area contributed by atoms with E-state index in [9.17, 15) is 0 Å². The second-order valence-corrected chi connectivity index (χ2v) is 1.26. The number of aliphatic hydroxyl groups is 1. The normalized spacial score (nSPS) is 14.6. The predicted molar refractivity (Wildman–Crippen MR) is 27.9 cm³/mol. The molecule has 0 aliphatic heterocycles. The molecule has 0 aromatic rings. The van der Waals surface area contributed by atoms with Gasteiger partial charge in [0.1, 0.15) is 15.7 Å². The lowest BCUT2D eigenvalue weighted by molar-refractivity contribution is 0.276. The molecule has 0 radical (unpaired) electrons. The topological polar surface area (TPSA) is 20.2 Å². The van der Waals surface area contributed by atoms with Crippen LogP contribution in [0, 0.1) is 0 Å². The van der Waals surface area contributed by atoms with E-state index in [1.54, 1.807) is 7.85 Å². The van der Waals surface area contributed by atoms with Crippen LogP contribution in [-0.4, -0.2) is 26.8 Å². The van der Waals surface area contributed by atoms with E-state index in [0.29, 0.717) is 0 Å². The molecule has 0 heterocycles. The van der Waals surface area contributed by atoms with E-state index >= 15 is 0 Å². The zero-order chi connectivity index (χ0) is 4.28. The highest BCUT2D eigenvalue weighted by molar-refractivity contribution is 6.18. The van der Waals surface area contributed by atoms with Crippen molar-refractivity contribution in [3.05, 3.63) is 0 Å². The van der Waals surface area contributed by atoms with Gasteiger partial charge in [0.2, 0.25) is 0 Å². The molecule has 0 amide bonds. The molecule has 1 unspecified atom stereocenters. The van der Waals surface area contributed by atoms with Crippen LogP contribution in [0.25, 0.3) is 0 Å². The maximum atomic E-state index is 8.36. The summed E-state index contributed by atoms with van der Waals surface area (Å²) in [6.45, 7) is 0. The fraction of sp³-hybridized carbons (Fsp3) is 1.00. The molecule has 1 atom stereocenters. The fourth-order valence-electron chi connectivity index (χ4n) is 0. The molecule has 5 heavy (non-hydrogen) atoms. The fourth-order valence-corrected chi connectivity index (χ4v) is 0. The third kappa shape index (κ3) is 4.09. The molecule has 0 aliphatic carbocycles. The maximum Gasteiger partial charge on any atom is 0.137 e. The van der Waals surface area contributed by atoms with Gasteiger partial charge in [0.05, 0.1) is 0 Å². The lowest BCUT2D eigenvalue weighted by atomic mass is 9.87. The summed E-state index contributed by atoms with van der Waals surface area (Å²) in [5.74, 6) is 0. The van der Waals surface area contributed by atoms with E-state index in [4.69, 9.17) is 5.11 Å². The molecule has 0 rings (SSSR count). The monoisotopic (exact) mass is 70.1 g/mol. The minimum absolute atomic E-state index is 0.116. The van der Waals surface area contributed by atoms with Gasteiger partial charge in [0.25, 0.3) is 0 Å². The summed E-state index contributed by atoms with van der Waals surface area (Å²) in [7, 11) is 3.73. The first kappa shape index (κ1) is 5.09. The SMILES string of the molecule is BCC(B)O. The van der Waals surface area contributed by atoms with E-state index in [1.165, 1.54) is 0 Å². The summed E-state index contributed by atoms with van der Waals surface area (Å²) in [5, 5.41) is 8.36. The van der Waals surface area contributed by atoms with Crippen LogP contribution in [0.3, 0.4) is 0 Å². The van der Waals surface area contributed by atoms with Crippen LogP contribution in [0.2, 0.25) is 6.32 Å².